The molecule has 2 aromatic heterocycles. The number of rotatable bonds is 1. The van der Waals surface area contributed by atoms with E-state index in [2.05, 4.69) is 36.9 Å². The first kappa shape index (κ1) is 10.7. The Morgan fingerprint density at radius 3 is 3.00 bits per heavy atom. The standard InChI is InChI=1S/C14H14BrN3/c15-10-6-12-14(17-7-10)13(3-4-16-12)18-8-9-1-2-11(18)5-9/h3-4,6-7,9,11H,1-2,5,8H2. The summed E-state index contributed by atoms with van der Waals surface area (Å²) < 4.78 is 0.989. The monoisotopic (exact) mass is 303 g/mol. The first-order chi connectivity index (χ1) is 8.81. The number of hydrogen-bond acceptors (Lipinski definition) is 3. The molecule has 2 bridgehead atoms. The first-order valence-corrected chi connectivity index (χ1v) is 7.27. The van der Waals surface area contributed by atoms with Crippen LogP contribution < -0.4 is 4.90 Å². The van der Waals surface area contributed by atoms with Crippen LogP contribution in [0.1, 0.15) is 19.3 Å². The molecular weight excluding hydrogens is 290 g/mol. The second-order valence-corrected chi connectivity index (χ2v) is 6.25. The third kappa shape index (κ3) is 1.55. The summed E-state index contributed by atoms with van der Waals surface area (Å²) in [6.07, 6.45) is 7.87. The van der Waals surface area contributed by atoms with Gasteiger partial charge in [0, 0.05) is 29.5 Å². The molecular formula is C14H14BrN3. The van der Waals surface area contributed by atoms with E-state index >= 15 is 0 Å². The van der Waals surface area contributed by atoms with Crippen molar-refractivity contribution in [3.63, 3.8) is 0 Å². The highest BCUT2D eigenvalue weighted by Gasteiger charge is 2.38. The van der Waals surface area contributed by atoms with Crippen molar-refractivity contribution in [3.8, 4) is 0 Å². The molecule has 3 heterocycles. The maximum Gasteiger partial charge on any atom is 0.112 e. The summed E-state index contributed by atoms with van der Waals surface area (Å²) in [4.78, 5) is 11.5. The third-order valence-corrected chi connectivity index (χ3v) is 4.68. The van der Waals surface area contributed by atoms with Crippen molar-refractivity contribution >= 4 is 32.7 Å². The lowest BCUT2D eigenvalue weighted by Gasteiger charge is -2.29. The molecule has 0 radical (unpaired) electrons. The zero-order valence-electron chi connectivity index (χ0n) is 10.0. The molecule has 4 heteroatoms. The molecule has 1 saturated heterocycles. The van der Waals surface area contributed by atoms with Crippen molar-refractivity contribution in [1.82, 2.24) is 9.97 Å². The van der Waals surface area contributed by atoms with Crippen LogP contribution >= 0.6 is 15.9 Å². The van der Waals surface area contributed by atoms with Crippen LogP contribution in [0, 0.1) is 5.92 Å². The largest absolute Gasteiger partial charge is 0.366 e. The molecule has 0 spiro atoms. The highest BCUT2D eigenvalue weighted by Crippen LogP contribution is 2.41. The van der Waals surface area contributed by atoms with Crippen LogP contribution in [0.2, 0.25) is 0 Å². The lowest BCUT2D eigenvalue weighted by atomic mass is 10.1. The van der Waals surface area contributed by atoms with E-state index in [0.29, 0.717) is 0 Å². The van der Waals surface area contributed by atoms with Crippen LogP contribution in [0.15, 0.2) is 29.0 Å². The predicted octanol–water partition coefficient (Wildman–Crippen LogP) is 3.38. The maximum atomic E-state index is 4.56. The fraction of sp³-hybridized carbons (Fsp3) is 0.429. The maximum absolute atomic E-state index is 4.56. The molecule has 2 unspecified atom stereocenters. The van der Waals surface area contributed by atoms with E-state index < -0.39 is 0 Å². The molecule has 0 aromatic carbocycles. The molecule has 1 aliphatic heterocycles. The van der Waals surface area contributed by atoms with Gasteiger partial charge in [-0.25, -0.2) is 0 Å². The Morgan fingerprint density at radius 1 is 1.28 bits per heavy atom. The summed E-state index contributed by atoms with van der Waals surface area (Å²) in [6, 6.07) is 4.88. The van der Waals surface area contributed by atoms with Crippen molar-refractivity contribution in [2.75, 3.05) is 11.4 Å². The lowest BCUT2D eigenvalue weighted by molar-refractivity contribution is 0.554. The van der Waals surface area contributed by atoms with Gasteiger partial charge in [0.1, 0.15) is 5.52 Å². The van der Waals surface area contributed by atoms with Crippen LogP contribution in [0.3, 0.4) is 0 Å². The summed E-state index contributed by atoms with van der Waals surface area (Å²) >= 11 is 3.46. The molecule has 3 nitrogen and oxygen atoms in total. The van der Waals surface area contributed by atoms with Crippen molar-refractivity contribution < 1.29 is 0 Å². The molecule has 1 aliphatic carbocycles. The number of aromatic nitrogens is 2. The molecule has 4 rings (SSSR count). The fourth-order valence-corrected chi connectivity index (χ4v) is 3.76. The van der Waals surface area contributed by atoms with Crippen LogP contribution in [0.25, 0.3) is 11.0 Å². The van der Waals surface area contributed by atoms with E-state index in [4.69, 9.17) is 0 Å². The summed E-state index contributed by atoms with van der Waals surface area (Å²) in [7, 11) is 0. The Bertz CT molecular complexity index is 613. The third-order valence-electron chi connectivity index (χ3n) is 4.24. The Hall–Kier alpha value is -1.16. The Morgan fingerprint density at radius 2 is 2.22 bits per heavy atom. The van der Waals surface area contributed by atoms with Crippen LogP contribution in [0.5, 0.6) is 0 Å². The SMILES string of the molecule is Brc1cnc2c(N3CC4CCC3C4)ccnc2c1. The molecule has 2 aromatic rings. The number of hydrogen-bond donors (Lipinski definition) is 0. The first-order valence-electron chi connectivity index (χ1n) is 6.48. The number of fused-ring (bicyclic) bond motifs is 3. The Balaban J connectivity index is 1.85. The second-order valence-electron chi connectivity index (χ2n) is 5.34. The smallest absolute Gasteiger partial charge is 0.112 e. The van der Waals surface area contributed by atoms with E-state index in [1.165, 1.54) is 31.5 Å². The van der Waals surface area contributed by atoms with Gasteiger partial charge in [0.2, 0.25) is 0 Å². The molecule has 2 atom stereocenters. The highest BCUT2D eigenvalue weighted by atomic mass is 79.9. The van der Waals surface area contributed by atoms with Crippen LogP contribution in [-0.2, 0) is 0 Å². The normalized spacial score (nSPS) is 26.2. The van der Waals surface area contributed by atoms with Crippen molar-refractivity contribution in [3.05, 3.63) is 29.0 Å². The number of piperidine rings is 1. The summed E-state index contributed by atoms with van der Waals surface area (Å²) in [5.41, 5.74) is 3.28. The van der Waals surface area contributed by atoms with Gasteiger partial charge in [-0.2, -0.15) is 0 Å². The van der Waals surface area contributed by atoms with Gasteiger partial charge in [0.15, 0.2) is 0 Å². The zero-order valence-corrected chi connectivity index (χ0v) is 11.6. The quantitative estimate of drug-likeness (QED) is 0.809. The van der Waals surface area contributed by atoms with Gasteiger partial charge in [-0.05, 0) is 53.2 Å². The second kappa shape index (κ2) is 3.92. The van der Waals surface area contributed by atoms with Crippen LogP contribution in [0.4, 0.5) is 5.69 Å². The highest BCUT2D eigenvalue weighted by molar-refractivity contribution is 9.10. The van der Waals surface area contributed by atoms with Gasteiger partial charge in [-0.3, -0.25) is 9.97 Å². The molecule has 18 heavy (non-hydrogen) atoms. The zero-order chi connectivity index (χ0) is 12.1. The molecule has 0 N–H and O–H groups in total. The average molecular weight is 304 g/mol. The van der Waals surface area contributed by atoms with E-state index in [0.717, 1.165) is 27.5 Å². The molecule has 1 saturated carbocycles. The van der Waals surface area contributed by atoms with E-state index in [-0.39, 0.29) is 0 Å². The minimum Gasteiger partial charge on any atom is -0.366 e. The van der Waals surface area contributed by atoms with Gasteiger partial charge < -0.3 is 4.90 Å². The Labute approximate surface area is 114 Å². The lowest BCUT2D eigenvalue weighted by Crippen LogP contribution is -2.32. The number of anilines is 1. The van der Waals surface area contributed by atoms with Gasteiger partial charge in [0.25, 0.3) is 0 Å². The number of pyridine rings is 2. The van der Waals surface area contributed by atoms with E-state index in [1.54, 1.807) is 0 Å². The van der Waals surface area contributed by atoms with Crippen molar-refractivity contribution in [2.45, 2.75) is 25.3 Å². The topological polar surface area (TPSA) is 29.0 Å². The van der Waals surface area contributed by atoms with Crippen molar-refractivity contribution in [1.29, 1.82) is 0 Å². The summed E-state index contributed by atoms with van der Waals surface area (Å²) in [5, 5.41) is 0. The fourth-order valence-electron chi connectivity index (χ4n) is 3.44. The van der Waals surface area contributed by atoms with E-state index in [1.807, 2.05) is 18.5 Å². The Kier molecular flexibility index (Phi) is 2.34. The summed E-state index contributed by atoms with van der Waals surface area (Å²) in [5.74, 6) is 0.897. The van der Waals surface area contributed by atoms with Gasteiger partial charge in [-0.1, -0.05) is 0 Å². The van der Waals surface area contributed by atoms with Crippen molar-refractivity contribution in [2.24, 2.45) is 5.92 Å². The predicted molar refractivity (Wildman–Crippen MR) is 75.7 cm³/mol. The van der Waals surface area contributed by atoms with Gasteiger partial charge >= 0.3 is 0 Å². The molecule has 0 amide bonds. The van der Waals surface area contributed by atoms with Gasteiger partial charge in [-0.15, -0.1) is 0 Å². The summed E-state index contributed by atoms with van der Waals surface area (Å²) in [6.45, 7) is 1.20. The molecule has 2 aliphatic rings. The average Bonchev–Trinajstić information content (AvgIpc) is 2.99. The van der Waals surface area contributed by atoms with Crippen LogP contribution in [-0.4, -0.2) is 22.6 Å². The molecule has 2 fully saturated rings. The number of halogens is 1. The van der Waals surface area contributed by atoms with Gasteiger partial charge in [0.05, 0.1) is 11.2 Å². The minimum absolute atomic E-state index is 0.728. The minimum atomic E-state index is 0.728. The van der Waals surface area contributed by atoms with E-state index in [9.17, 15) is 0 Å². The number of nitrogens with zero attached hydrogens (tertiary/aromatic N) is 3. The molecule has 92 valence electrons.